The first kappa shape index (κ1) is 11.7. The molecular formula is C15H12N2O. The lowest BCUT2D eigenvalue weighted by Crippen LogP contribution is -2.12. The summed E-state index contributed by atoms with van der Waals surface area (Å²) < 4.78 is 0. The highest BCUT2D eigenvalue weighted by atomic mass is 16.1. The molecule has 0 unspecified atom stereocenters. The van der Waals surface area contributed by atoms with E-state index in [2.05, 4.69) is 11.8 Å². The maximum absolute atomic E-state index is 11.2. The highest BCUT2D eigenvalue weighted by molar-refractivity contribution is 5.95. The van der Waals surface area contributed by atoms with Crippen molar-refractivity contribution in [3.05, 3.63) is 65.2 Å². The normalized spacial score (nSPS) is 9.33. The molecule has 0 bridgehead atoms. The highest BCUT2D eigenvalue weighted by Gasteiger charge is 2.03. The van der Waals surface area contributed by atoms with E-state index in [1.165, 1.54) is 0 Å². The standard InChI is InChI=1S/C15H12N2O/c16-13-9-6-11(7-10-13)5-8-12-3-1-2-4-14(12)15(17)18/h1-4,6-7,9-10H,16H2,(H2,17,18). The molecule has 0 aromatic heterocycles. The van der Waals surface area contributed by atoms with E-state index in [-0.39, 0.29) is 0 Å². The van der Waals surface area contributed by atoms with E-state index < -0.39 is 5.91 Å². The number of nitrogen functional groups attached to an aromatic ring is 1. The Bertz CT molecular complexity index is 634. The number of hydrogen-bond donors (Lipinski definition) is 2. The van der Waals surface area contributed by atoms with Crippen molar-refractivity contribution in [3.8, 4) is 11.8 Å². The first-order valence-corrected chi connectivity index (χ1v) is 5.43. The monoisotopic (exact) mass is 236 g/mol. The molecule has 0 saturated heterocycles. The second-order valence-electron chi connectivity index (χ2n) is 3.78. The minimum atomic E-state index is -0.475. The lowest BCUT2D eigenvalue weighted by Gasteiger charge is -1.98. The highest BCUT2D eigenvalue weighted by Crippen LogP contribution is 2.08. The lowest BCUT2D eigenvalue weighted by molar-refractivity contribution is 0.1000. The van der Waals surface area contributed by atoms with Crippen LogP contribution in [0.5, 0.6) is 0 Å². The van der Waals surface area contributed by atoms with Crippen molar-refractivity contribution in [1.29, 1.82) is 0 Å². The van der Waals surface area contributed by atoms with Crippen LogP contribution in [0, 0.1) is 11.8 Å². The molecule has 0 fully saturated rings. The number of nitrogens with two attached hydrogens (primary N) is 2. The van der Waals surface area contributed by atoms with Crippen molar-refractivity contribution in [3.63, 3.8) is 0 Å². The summed E-state index contributed by atoms with van der Waals surface area (Å²) in [6, 6.07) is 14.2. The van der Waals surface area contributed by atoms with Gasteiger partial charge in [-0.2, -0.15) is 0 Å². The molecule has 2 aromatic carbocycles. The Morgan fingerprint density at radius 1 is 0.944 bits per heavy atom. The zero-order valence-corrected chi connectivity index (χ0v) is 9.68. The van der Waals surface area contributed by atoms with Gasteiger partial charge in [0.15, 0.2) is 0 Å². The molecule has 3 nitrogen and oxygen atoms in total. The van der Waals surface area contributed by atoms with Crippen molar-refractivity contribution in [2.24, 2.45) is 5.73 Å². The van der Waals surface area contributed by atoms with Gasteiger partial charge in [-0.1, -0.05) is 24.0 Å². The summed E-state index contributed by atoms with van der Waals surface area (Å²) in [4.78, 5) is 11.2. The molecule has 0 atom stereocenters. The third-order valence-electron chi connectivity index (χ3n) is 2.44. The minimum absolute atomic E-state index is 0.431. The van der Waals surface area contributed by atoms with Gasteiger partial charge in [0.2, 0.25) is 5.91 Å². The minimum Gasteiger partial charge on any atom is -0.399 e. The second-order valence-corrected chi connectivity index (χ2v) is 3.78. The van der Waals surface area contributed by atoms with Crippen LogP contribution in [0.2, 0.25) is 0 Å². The molecule has 0 aliphatic heterocycles. The van der Waals surface area contributed by atoms with E-state index in [0.717, 1.165) is 5.56 Å². The number of carbonyl (C=O) groups is 1. The van der Waals surface area contributed by atoms with Crippen LogP contribution in [0.25, 0.3) is 0 Å². The van der Waals surface area contributed by atoms with Gasteiger partial charge in [-0.3, -0.25) is 4.79 Å². The van der Waals surface area contributed by atoms with Gasteiger partial charge in [0, 0.05) is 16.8 Å². The van der Waals surface area contributed by atoms with Gasteiger partial charge >= 0.3 is 0 Å². The Kier molecular flexibility index (Phi) is 3.31. The summed E-state index contributed by atoms with van der Waals surface area (Å²) in [6.07, 6.45) is 0. The van der Waals surface area contributed by atoms with Crippen LogP contribution in [0.3, 0.4) is 0 Å². The summed E-state index contributed by atoms with van der Waals surface area (Å²) in [5, 5.41) is 0. The lowest BCUT2D eigenvalue weighted by atomic mass is 10.1. The van der Waals surface area contributed by atoms with Gasteiger partial charge in [-0.15, -0.1) is 0 Å². The van der Waals surface area contributed by atoms with E-state index >= 15 is 0 Å². The number of amides is 1. The predicted molar refractivity (Wildman–Crippen MR) is 71.8 cm³/mol. The molecule has 0 radical (unpaired) electrons. The van der Waals surface area contributed by atoms with E-state index in [1.807, 2.05) is 18.2 Å². The molecule has 2 aromatic rings. The zero-order chi connectivity index (χ0) is 13.0. The van der Waals surface area contributed by atoms with Crippen molar-refractivity contribution in [1.82, 2.24) is 0 Å². The maximum Gasteiger partial charge on any atom is 0.249 e. The molecule has 18 heavy (non-hydrogen) atoms. The molecule has 1 amide bonds. The smallest absolute Gasteiger partial charge is 0.249 e. The summed E-state index contributed by atoms with van der Waals surface area (Å²) in [7, 11) is 0. The number of carbonyl (C=O) groups excluding carboxylic acids is 1. The Morgan fingerprint density at radius 3 is 2.28 bits per heavy atom. The topological polar surface area (TPSA) is 69.1 Å². The summed E-state index contributed by atoms with van der Waals surface area (Å²) in [5.74, 6) is 5.43. The first-order chi connectivity index (χ1) is 8.66. The van der Waals surface area contributed by atoms with Crippen LogP contribution in [0.1, 0.15) is 21.5 Å². The molecule has 0 aliphatic rings. The quantitative estimate of drug-likeness (QED) is 0.585. The van der Waals surface area contributed by atoms with Gasteiger partial charge in [0.1, 0.15) is 0 Å². The number of benzene rings is 2. The first-order valence-electron chi connectivity index (χ1n) is 5.43. The molecule has 88 valence electrons. The fraction of sp³-hybridized carbons (Fsp3) is 0. The van der Waals surface area contributed by atoms with Crippen LogP contribution in [0.4, 0.5) is 5.69 Å². The Hall–Kier alpha value is -2.73. The average molecular weight is 236 g/mol. The maximum atomic E-state index is 11.2. The van der Waals surface area contributed by atoms with E-state index in [9.17, 15) is 4.79 Å². The molecule has 0 spiro atoms. The van der Waals surface area contributed by atoms with E-state index in [1.54, 1.807) is 30.3 Å². The fourth-order valence-corrected chi connectivity index (χ4v) is 1.51. The molecular weight excluding hydrogens is 224 g/mol. The van der Waals surface area contributed by atoms with Crippen molar-refractivity contribution in [2.45, 2.75) is 0 Å². The van der Waals surface area contributed by atoms with Crippen LogP contribution in [0.15, 0.2) is 48.5 Å². The zero-order valence-electron chi connectivity index (χ0n) is 9.68. The van der Waals surface area contributed by atoms with Crippen LogP contribution in [-0.4, -0.2) is 5.91 Å². The summed E-state index contributed by atoms with van der Waals surface area (Å²) in [5.41, 5.74) is 13.5. The number of rotatable bonds is 1. The number of primary amides is 1. The summed E-state index contributed by atoms with van der Waals surface area (Å²) in [6.45, 7) is 0. The number of anilines is 1. The molecule has 0 saturated carbocycles. The third kappa shape index (κ3) is 2.69. The Morgan fingerprint density at radius 2 is 1.61 bits per heavy atom. The fourth-order valence-electron chi connectivity index (χ4n) is 1.51. The molecule has 3 heteroatoms. The van der Waals surface area contributed by atoms with Crippen molar-refractivity contribution in [2.75, 3.05) is 5.73 Å². The van der Waals surface area contributed by atoms with Crippen LogP contribution in [-0.2, 0) is 0 Å². The molecule has 0 heterocycles. The number of hydrogen-bond acceptors (Lipinski definition) is 2. The van der Waals surface area contributed by atoms with Crippen molar-refractivity contribution >= 4 is 11.6 Å². The second kappa shape index (κ2) is 5.07. The Balaban J connectivity index is 2.35. The largest absolute Gasteiger partial charge is 0.399 e. The summed E-state index contributed by atoms with van der Waals surface area (Å²) >= 11 is 0. The van der Waals surface area contributed by atoms with Crippen LogP contribution < -0.4 is 11.5 Å². The van der Waals surface area contributed by atoms with Gasteiger partial charge in [0.25, 0.3) is 0 Å². The molecule has 0 aliphatic carbocycles. The molecule has 2 rings (SSSR count). The average Bonchev–Trinajstić information content (AvgIpc) is 2.38. The van der Waals surface area contributed by atoms with Gasteiger partial charge in [-0.25, -0.2) is 0 Å². The van der Waals surface area contributed by atoms with Crippen LogP contribution >= 0.6 is 0 Å². The SMILES string of the molecule is NC(=O)c1ccccc1C#Cc1ccc(N)cc1. The predicted octanol–water partition coefficient (Wildman–Crippen LogP) is 1.77. The van der Waals surface area contributed by atoms with Crippen molar-refractivity contribution < 1.29 is 4.79 Å². The third-order valence-corrected chi connectivity index (χ3v) is 2.44. The van der Waals surface area contributed by atoms with E-state index in [4.69, 9.17) is 11.5 Å². The van der Waals surface area contributed by atoms with E-state index in [0.29, 0.717) is 16.8 Å². The van der Waals surface area contributed by atoms with Gasteiger partial charge in [-0.05, 0) is 36.4 Å². The Labute approximate surface area is 105 Å². The molecule has 4 N–H and O–H groups in total. The van der Waals surface area contributed by atoms with Gasteiger partial charge < -0.3 is 11.5 Å². The van der Waals surface area contributed by atoms with Gasteiger partial charge in [0.05, 0.1) is 5.56 Å².